The average molecular weight is 216 g/mol. The smallest absolute Gasteiger partial charge is 0.100 e. The summed E-state index contributed by atoms with van der Waals surface area (Å²) in [5.74, 6) is 0. The minimum atomic E-state index is -0.954. The van der Waals surface area contributed by atoms with E-state index in [-0.39, 0.29) is 37.4 Å². The topological polar surface area (TPSA) is 121 Å². The van der Waals surface area contributed by atoms with Crippen molar-refractivity contribution in [3.63, 3.8) is 0 Å². The van der Waals surface area contributed by atoms with Gasteiger partial charge in [0.1, 0.15) is 12.2 Å². The molecule has 0 heterocycles. The Hall–Kier alpha value is -0.0231. The van der Waals surface area contributed by atoms with Gasteiger partial charge >= 0.3 is 0 Å². The second kappa shape index (κ2) is 14.5. The van der Waals surface area contributed by atoms with Crippen LogP contribution in [0.25, 0.3) is 0 Å². The van der Waals surface area contributed by atoms with Crippen LogP contribution in [0.15, 0.2) is 0 Å². The monoisotopic (exact) mass is 216 g/mol. The zero-order valence-corrected chi connectivity index (χ0v) is 6.67. The minimum absolute atomic E-state index is 0. The van der Waals surface area contributed by atoms with Gasteiger partial charge in [-0.3, -0.25) is 0 Å². The minimum Gasteiger partial charge on any atom is -0.394 e. The van der Waals surface area contributed by atoms with Crippen LogP contribution >= 0.6 is 0 Å². The van der Waals surface area contributed by atoms with E-state index in [2.05, 4.69) is 0 Å². The SMILES string of the molecule is OCC(O)CO.OCC(O)CO.[SiH4]. The lowest BCUT2D eigenvalue weighted by Crippen LogP contribution is -2.15. The van der Waals surface area contributed by atoms with Gasteiger partial charge in [-0.2, -0.15) is 0 Å². The molecule has 6 nitrogen and oxygen atoms in total. The summed E-state index contributed by atoms with van der Waals surface area (Å²) in [4.78, 5) is 0. The first-order valence-corrected chi connectivity index (χ1v) is 3.41. The van der Waals surface area contributed by atoms with Gasteiger partial charge in [-0.1, -0.05) is 0 Å². The van der Waals surface area contributed by atoms with Gasteiger partial charge < -0.3 is 30.6 Å². The Morgan fingerprint density at radius 3 is 0.769 bits per heavy atom. The number of hydrogen-bond donors (Lipinski definition) is 6. The highest BCUT2D eigenvalue weighted by molar-refractivity contribution is 5.75. The fourth-order valence-corrected chi connectivity index (χ4v) is 0.115. The lowest BCUT2D eigenvalue weighted by atomic mass is 10.4. The van der Waals surface area contributed by atoms with Gasteiger partial charge in [-0.15, -0.1) is 0 Å². The van der Waals surface area contributed by atoms with E-state index >= 15 is 0 Å². The molecule has 0 fully saturated rings. The Labute approximate surface area is 81.1 Å². The van der Waals surface area contributed by atoms with Crippen molar-refractivity contribution in [2.75, 3.05) is 26.4 Å². The molecule has 0 saturated carbocycles. The summed E-state index contributed by atoms with van der Waals surface area (Å²) in [5.41, 5.74) is 0. The lowest BCUT2D eigenvalue weighted by molar-refractivity contribution is 0.0450. The molecule has 7 heteroatoms. The summed E-state index contributed by atoms with van der Waals surface area (Å²) >= 11 is 0. The van der Waals surface area contributed by atoms with Crippen molar-refractivity contribution in [1.82, 2.24) is 0 Å². The highest BCUT2D eigenvalue weighted by Crippen LogP contribution is 1.72. The van der Waals surface area contributed by atoms with Crippen molar-refractivity contribution in [2.24, 2.45) is 0 Å². The predicted octanol–water partition coefficient (Wildman–Crippen LogP) is -4.79. The van der Waals surface area contributed by atoms with Crippen LogP contribution in [0.5, 0.6) is 0 Å². The van der Waals surface area contributed by atoms with E-state index in [1.807, 2.05) is 0 Å². The van der Waals surface area contributed by atoms with Crippen molar-refractivity contribution < 1.29 is 30.6 Å². The zero-order chi connectivity index (χ0) is 9.98. The Morgan fingerprint density at radius 2 is 0.769 bits per heavy atom. The van der Waals surface area contributed by atoms with Gasteiger partial charge in [0.25, 0.3) is 0 Å². The summed E-state index contributed by atoms with van der Waals surface area (Å²) in [5, 5.41) is 48.0. The molecule has 0 aromatic rings. The second-order valence-electron chi connectivity index (χ2n) is 2.04. The van der Waals surface area contributed by atoms with Crippen LogP contribution < -0.4 is 0 Å². The van der Waals surface area contributed by atoms with E-state index in [1.165, 1.54) is 0 Å². The van der Waals surface area contributed by atoms with Crippen molar-refractivity contribution in [1.29, 1.82) is 0 Å². The third kappa shape index (κ3) is 18.7. The number of hydrogen-bond acceptors (Lipinski definition) is 6. The van der Waals surface area contributed by atoms with Crippen molar-refractivity contribution in [3.05, 3.63) is 0 Å². The first-order valence-electron chi connectivity index (χ1n) is 3.41. The van der Waals surface area contributed by atoms with Gasteiger partial charge in [-0.25, -0.2) is 0 Å². The van der Waals surface area contributed by atoms with Gasteiger partial charge in [0.15, 0.2) is 0 Å². The first-order chi connectivity index (χ1) is 5.62. The van der Waals surface area contributed by atoms with Crippen LogP contribution in [0, 0.1) is 0 Å². The van der Waals surface area contributed by atoms with Gasteiger partial charge in [0.05, 0.1) is 26.4 Å². The van der Waals surface area contributed by atoms with E-state index in [9.17, 15) is 0 Å². The molecule has 6 N–H and O–H groups in total. The van der Waals surface area contributed by atoms with Crippen molar-refractivity contribution in [3.8, 4) is 0 Å². The fraction of sp³-hybridized carbons (Fsp3) is 1.00. The number of rotatable bonds is 4. The molecule has 0 amide bonds. The third-order valence-electron chi connectivity index (χ3n) is 0.843. The number of aliphatic hydroxyl groups is 6. The van der Waals surface area contributed by atoms with Gasteiger partial charge in [0, 0.05) is 0 Å². The quantitative estimate of drug-likeness (QED) is 0.262. The van der Waals surface area contributed by atoms with Gasteiger partial charge in [0.2, 0.25) is 0 Å². The van der Waals surface area contributed by atoms with Crippen LogP contribution in [0.3, 0.4) is 0 Å². The third-order valence-corrected chi connectivity index (χ3v) is 0.843. The molecule has 0 spiro atoms. The Morgan fingerprint density at radius 1 is 0.615 bits per heavy atom. The van der Waals surface area contributed by atoms with E-state index in [0.717, 1.165) is 0 Å². The fourth-order valence-electron chi connectivity index (χ4n) is 0.115. The van der Waals surface area contributed by atoms with Crippen LogP contribution in [0.1, 0.15) is 0 Å². The summed E-state index contributed by atoms with van der Waals surface area (Å²) in [6, 6.07) is 0. The Balaban J connectivity index is -0.000000143. The summed E-state index contributed by atoms with van der Waals surface area (Å²) in [7, 11) is 0. The summed E-state index contributed by atoms with van der Waals surface area (Å²) in [6.45, 7) is -1.46. The molecule has 84 valence electrons. The second-order valence-corrected chi connectivity index (χ2v) is 2.04. The predicted molar refractivity (Wildman–Crippen MR) is 51.7 cm³/mol. The highest BCUT2D eigenvalue weighted by atomic mass is 28.1. The maximum Gasteiger partial charge on any atom is 0.100 e. The van der Waals surface area contributed by atoms with Gasteiger partial charge in [-0.05, 0) is 11.0 Å². The largest absolute Gasteiger partial charge is 0.394 e. The summed E-state index contributed by atoms with van der Waals surface area (Å²) in [6.07, 6.45) is -1.91. The lowest BCUT2D eigenvalue weighted by Gasteiger charge is -1.96. The van der Waals surface area contributed by atoms with Crippen LogP contribution in [-0.4, -0.2) is 80.2 Å². The van der Waals surface area contributed by atoms with Crippen molar-refractivity contribution in [2.45, 2.75) is 12.2 Å². The van der Waals surface area contributed by atoms with E-state index in [1.54, 1.807) is 0 Å². The van der Waals surface area contributed by atoms with Crippen molar-refractivity contribution >= 4 is 11.0 Å². The zero-order valence-electron chi connectivity index (χ0n) is 6.67. The molecule has 0 unspecified atom stereocenters. The first kappa shape index (κ1) is 18.7. The molecule has 0 radical (unpaired) electrons. The van der Waals surface area contributed by atoms with Crippen LogP contribution in [0.4, 0.5) is 0 Å². The standard InChI is InChI=1S/2C3H8O3.H4Si/c2*4-1-3(6)2-5;/h2*3-6H,1-2H2;1H4. The molecule has 0 aliphatic heterocycles. The van der Waals surface area contributed by atoms with E-state index in [0.29, 0.717) is 0 Å². The molecule has 0 bridgehead atoms. The van der Waals surface area contributed by atoms with Crippen LogP contribution in [-0.2, 0) is 0 Å². The number of aliphatic hydroxyl groups excluding tert-OH is 6. The molecule has 0 rings (SSSR count). The maximum absolute atomic E-state index is 8.17. The highest BCUT2D eigenvalue weighted by Gasteiger charge is 1.94. The van der Waals surface area contributed by atoms with E-state index in [4.69, 9.17) is 30.6 Å². The normalized spacial score (nSPS) is 9.23. The Bertz CT molecular complexity index is 65.5. The summed E-state index contributed by atoms with van der Waals surface area (Å²) < 4.78 is 0. The maximum atomic E-state index is 8.17. The average Bonchev–Trinajstić information content (AvgIpc) is 2.16. The van der Waals surface area contributed by atoms with E-state index < -0.39 is 12.2 Å². The van der Waals surface area contributed by atoms with Crippen LogP contribution in [0.2, 0.25) is 0 Å². The molecular weight excluding hydrogens is 196 g/mol. The molecule has 0 aliphatic rings. The molecule has 13 heavy (non-hydrogen) atoms. The molecule has 0 saturated heterocycles. The molecule has 0 aromatic carbocycles. The molecule has 0 atom stereocenters. The molecule has 0 aliphatic carbocycles. The Kier molecular flexibility index (Phi) is 20.9. The molecular formula is C6H20O6Si. The molecule has 0 aromatic heterocycles.